The predicted octanol–water partition coefficient (Wildman–Crippen LogP) is 1.25. The number of carbonyl (C=O) groups is 4. The quantitative estimate of drug-likeness (QED) is 0.538. The number of rotatable bonds is 8. The van der Waals surface area contributed by atoms with Gasteiger partial charge >= 0.3 is 12.2 Å². The molecule has 0 spiro atoms. The highest BCUT2D eigenvalue weighted by Gasteiger charge is 2.57. The van der Waals surface area contributed by atoms with E-state index in [4.69, 9.17) is 15.2 Å². The topological polar surface area (TPSA) is 140 Å². The monoisotopic (exact) mass is 420 g/mol. The number of alkyl carbamates (subject to hydrolysis) is 2. The smallest absolute Gasteiger partial charge is 0.407 e. The summed E-state index contributed by atoms with van der Waals surface area (Å²) in [6.07, 6.45) is -3.66. The maximum absolute atomic E-state index is 13.2. The molecule has 4 N–H and O–H groups in total. The molecule has 0 saturated heterocycles. The maximum atomic E-state index is 13.2. The molecule has 164 valence electrons. The average Bonchev–Trinajstić information content (AvgIpc) is 2.95. The molecule has 1 aliphatic rings. The van der Waals surface area contributed by atoms with Crippen LogP contribution in [0, 0.1) is 0 Å². The standard InChI is InChI=1S/C20H28N4O6/c1-5-22-18(27)29-12(3)20(11-21,13(4)30-19(28)23-6-2)24-16(25)14-9-7-8-10-15(14)17(24)26/h7-10,12-13H,5-6,11,21H2,1-4H3,(H,22,27)(H,23,28). The summed E-state index contributed by atoms with van der Waals surface area (Å²) >= 11 is 0. The Labute approximate surface area is 175 Å². The van der Waals surface area contributed by atoms with Crippen molar-refractivity contribution in [2.75, 3.05) is 19.6 Å². The van der Waals surface area contributed by atoms with Crippen LogP contribution in [0.4, 0.5) is 9.59 Å². The SMILES string of the molecule is CCNC(=O)OC(C)C(CN)(C(C)OC(=O)NCC)N1C(=O)c2ccccc2C1=O. The Bertz CT molecular complexity index is 766. The molecule has 1 aliphatic heterocycles. The minimum atomic E-state index is -1.64. The highest BCUT2D eigenvalue weighted by Crippen LogP contribution is 2.35. The molecule has 2 atom stereocenters. The second-order valence-corrected chi connectivity index (χ2v) is 6.84. The van der Waals surface area contributed by atoms with Gasteiger partial charge in [-0.2, -0.15) is 0 Å². The molecule has 10 heteroatoms. The van der Waals surface area contributed by atoms with Gasteiger partial charge in [-0.1, -0.05) is 12.1 Å². The van der Waals surface area contributed by atoms with Crippen molar-refractivity contribution in [1.82, 2.24) is 15.5 Å². The van der Waals surface area contributed by atoms with E-state index in [-0.39, 0.29) is 17.7 Å². The number of nitrogens with zero attached hydrogens (tertiary/aromatic N) is 1. The van der Waals surface area contributed by atoms with Crippen LogP contribution in [-0.4, -0.2) is 66.3 Å². The largest absolute Gasteiger partial charge is 0.444 e. The van der Waals surface area contributed by atoms with E-state index in [1.165, 1.54) is 26.0 Å². The number of nitrogens with two attached hydrogens (primary N) is 1. The van der Waals surface area contributed by atoms with Crippen molar-refractivity contribution in [3.05, 3.63) is 35.4 Å². The van der Waals surface area contributed by atoms with Gasteiger partial charge in [-0.15, -0.1) is 0 Å². The number of amides is 4. The first kappa shape index (κ1) is 23.1. The zero-order valence-electron chi connectivity index (χ0n) is 17.6. The summed E-state index contributed by atoms with van der Waals surface area (Å²) in [4.78, 5) is 51.5. The van der Waals surface area contributed by atoms with E-state index in [2.05, 4.69) is 10.6 Å². The third-order valence-corrected chi connectivity index (χ3v) is 5.16. The second kappa shape index (κ2) is 9.57. The molecular formula is C20H28N4O6. The fourth-order valence-corrected chi connectivity index (χ4v) is 3.58. The Kier molecular flexibility index (Phi) is 7.38. The van der Waals surface area contributed by atoms with Gasteiger partial charge in [0.15, 0.2) is 0 Å². The van der Waals surface area contributed by atoms with Crippen LogP contribution in [0.2, 0.25) is 0 Å². The highest BCUT2D eigenvalue weighted by atomic mass is 16.6. The summed E-state index contributed by atoms with van der Waals surface area (Å²) in [5.74, 6) is -1.20. The van der Waals surface area contributed by atoms with Crippen LogP contribution >= 0.6 is 0 Å². The Balaban J connectivity index is 2.52. The number of nitrogens with one attached hydrogen (secondary N) is 2. The minimum Gasteiger partial charge on any atom is -0.444 e. The molecule has 0 saturated carbocycles. The van der Waals surface area contributed by atoms with Crippen molar-refractivity contribution in [3.8, 4) is 0 Å². The predicted molar refractivity (Wildman–Crippen MR) is 108 cm³/mol. The molecule has 0 aromatic heterocycles. The molecule has 2 rings (SSSR count). The van der Waals surface area contributed by atoms with Crippen LogP contribution in [0.25, 0.3) is 0 Å². The zero-order valence-corrected chi connectivity index (χ0v) is 17.6. The lowest BCUT2D eigenvalue weighted by Gasteiger charge is -2.46. The number of benzene rings is 1. The van der Waals surface area contributed by atoms with Crippen LogP contribution in [0.3, 0.4) is 0 Å². The van der Waals surface area contributed by atoms with Gasteiger partial charge in [-0.3, -0.25) is 14.5 Å². The Hall–Kier alpha value is -3.14. The van der Waals surface area contributed by atoms with Gasteiger partial charge in [-0.25, -0.2) is 9.59 Å². The van der Waals surface area contributed by atoms with Crippen molar-refractivity contribution >= 4 is 24.0 Å². The van der Waals surface area contributed by atoms with Gasteiger partial charge < -0.3 is 25.8 Å². The second-order valence-electron chi connectivity index (χ2n) is 6.84. The summed E-state index contributed by atoms with van der Waals surface area (Å²) in [6.45, 7) is 6.77. The third-order valence-electron chi connectivity index (χ3n) is 5.16. The Morgan fingerprint density at radius 2 is 1.37 bits per heavy atom. The Morgan fingerprint density at radius 3 is 1.70 bits per heavy atom. The molecule has 30 heavy (non-hydrogen) atoms. The van der Waals surface area contributed by atoms with Crippen LogP contribution < -0.4 is 16.4 Å². The molecule has 1 aromatic carbocycles. The van der Waals surface area contributed by atoms with Gasteiger partial charge in [0.25, 0.3) is 11.8 Å². The summed E-state index contributed by atoms with van der Waals surface area (Å²) in [7, 11) is 0. The van der Waals surface area contributed by atoms with E-state index in [0.29, 0.717) is 13.1 Å². The maximum Gasteiger partial charge on any atom is 0.407 e. The van der Waals surface area contributed by atoms with Gasteiger partial charge in [0.2, 0.25) is 0 Å². The lowest BCUT2D eigenvalue weighted by molar-refractivity contribution is -0.0686. The van der Waals surface area contributed by atoms with Crippen LogP contribution in [0.1, 0.15) is 48.4 Å². The molecule has 2 unspecified atom stereocenters. The van der Waals surface area contributed by atoms with Crippen LogP contribution in [-0.2, 0) is 9.47 Å². The first-order chi connectivity index (χ1) is 14.2. The number of hydrogen-bond donors (Lipinski definition) is 3. The number of ether oxygens (including phenoxy) is 2. The molecular weight excluding hydrogens is 392 g/mol. The molecule has 0 fully saturated rings. The third kappa shape index (κ3) is 4.09. The van der Waals surface area contributed by atoms with E-state index in [1.54, 1.807) is 26.0 Å². The van der Waals surface area contributed by atoms with Crippen molar-refractivity contribution in [1.29, 1.82) is 0 Å². The minimum absolute atomic E-state index is 0.204. The molecule has 10 nitrogen and oxygen atoms in total. The van der Waals surface area contributed by atoms with E-state index in [9.17, 15) is 19.2 Å². The molecule has 1 heterocycles. The van der Waals surface area contributed by atoms with Crippen molar-refractivity contribution in [2.45, 2.75) is 45.4 Å². The van der Waals surface area contributed by atoms with Crippen molar-refractivity contribution in [2.24, 2.45) is 5.73 Å². The van der Waals surface area contributed by atoms with Crippen LogP contribution in [0.5, 0.6) is 0 Å². The molecule has 0 radical (unpaired) electrons. The molecule has 0 bridgehead atoms. The first-order valence-electron chi connectivity index (χ1n) is 9.81. The zero-order chi connectivity index (χ0) is 22.5. The van der Waals surface area contributed by atoms with Crippen molar-refractivity contribution < 1.29 is 28.7 Å². The fraction of sp³-hybridized carbons (Fsp3) is 0.500. The fourth-order valence-electron chi connectivity index (χ4n) is 3.58. The number of hydrogen-bond acceptors (Lipinski definition) is 7. The Morgan fingerprint density at radius 1 is 0.967 bits per heavy atom. The number of imide groups is 1. The summed E-state index contributed by atoms with van der Waals surface area (Å²) in [5, 5.41) is 4.98. The number of carbonyl (C=O) groups excluding carboxylic acids is 4. The lowest BCUT2D eigenvalue weighted by atomic mass is 9.85. The average molecular weight is 420 g/mol. The van der Waals surface area contributed by atoms with Gasteiger partial charge in [0, 0.05) is 19.6 Å². The van der Waals surface area contributed by atoms with Crippen molar-refractivity contribution in [3.63, 3.8) is 0 Å². The van der Waals surface area contributed by atoms with E-state index in [0.717, 1.165) is 4.90 Å². The summed E-state index contributed by atoms with van der Waals surface area (Å²) in [6, 6.07) is 6.34. The molecule has 4 amide bonds. The van der Waals surface area contributed by atoms with Crippen LogP contribution in [0.15, 0.2) is 24.3 Å². The number of fused-ring (bicyclic) bond motifs is 1. The normalized spacial score (nSPS) is 16.9. The summed E-state index contributed by atoms with van der Waals surface area (Å²) in [5.41, 5.74) is 4.85. The first-order valence-corrected chi connectivity index (χ1v) is 9.81. The lowest BCUT2D eigenvalue weighted by Crippen LogP contribution is -2.69. The van der Waals surface area contributed by atoms with Gasteiger partial charge in [0.1, 0.15) is 17.7 Å². The van der Waals surface area contributed by atoms with E-state index < -0.39 is 41.7 Å². The van der Waals surface area contributed by atoms with Gasteiger partial charge in [-0.05, 0) is 39.8 Å². The van der Waals surface area contributed by atoms with Gasteiger partial charge in [0.05, 0.1) is 11.1 Å². The van der Waals surface area contributed by atoms with E-state index in [1.807, 2.05) is 0 Å². The molecule has 0 aliphatic carbocycles. The molecule has 1 aromatic rings. The summed E-state index contributed by atoms with van der Waals surface area (Å²) < 4.78 is 10.9. The van der Waals surface area contributed by atoms with E-state index >= 15 is 0 Å². The highest BCUT2D eigenvalue weighted by molar-refractivity contribution is 6.22.